The first-order valence-corrected chi connectivity index (χ1v) is 7.62. The number of hydrazone groups is 1. The zero-order valence-corrected chi connectivity index (χ0v) is 14.5. The van der Waals surface area contributed by atoms with Crippen LogP contribution in [0.2, 0.25) is 0 Å². The summed E-state index contributed by atoms with van der Waals surface area (Å²) < 4.78 is 12.1. The Hall–Kier alpha value is -2.19. The number of aromatic nitrogens is 2. The predicted octanol–water partition coefficient (Wildman–Crippen LogP) is 1.83. The molecule has 0 radical (unpaired) electrons. The van der Waals surface area contributed by atoms with Crippen molar-refractivity contribution < 1.29 is 9.26 Å². The molecule has 0 unspecified atom stereocenters. The van der Waals surface area contributed by atoms with Crippen LogP contribution in [0.25, 0.3) is 5.82 Å². The van der Waals surface area contributed by atoms with Gasteiger partial charge in [0.15, 0.2) is 10.9 Å². The molecule has 2 aromatic rings. The van der Waals surface area contributed by atoms with E-state index in [0.29, 0.717) is 18.3 Å². The van der Waals surface area contributed by atoms with Gasteiger partial charge in [-0.15, -0.1) is 0 Å². The number of aryl methyl sites for hydroxylation is 2. The third kappa shape index (κ3) is 4.40. The summed E-state index contributed by atoms with van der Waals surface area (Å²) in [7, 11) is 1.64. The Balaban J connectivity index is 2.04. The number of hydrogen-bond donors (Lipinski definition) is 2. The fraction of sp³-hybridized carbons (Fsp3) is 0.400. The molecule has 0 aliphatic heterocycles. The standard InChI is InChI=1S/C15H21N5O2S/c1-10-7-13(9-17-18-15(23)16-5-6-21-4)12(3)20(10)14-8-11(2)22-19-14/h7-9H,5-6H2,1-4H3,(H2,16,18,23)/b17-9-. The van der Waals surface area contributed by atoms with Crippen LogP contribution in [-0.2, 0) is 4.74 Å². The van der Waals surface area contributed by atoms with Crippen LogP contribution in [0.3, 0.4) is 0 Å². The number of nitrogens with one attached hydrogen (secondary N) is 2. The summed E-state index contributed by atoms with van der Waals surface area (Å²) in [6, 6.07) is 3.93. The van der Waals surface area contributed by atoms with E-state index in [1.54, 1.807) is 13.3 Å². The van der Waals surface area contributed by atoms with E-state index in [1.165, 1.54) is 0 Å². The van der Waals surface area contributed by atoms with Gasteiger partial charge < -0.3 is 14.6 Å². The zero-order chi connectivity index (χ0) is 16.8. The Bertz CT molecular complexity index is 705. The molecule has 2 heterocycles. The molecular weight excluding hydrogens is 314 g/mol. The van der Waals surface area contributed by atoms with E-state index >= 15 is 0 Å². The predicted molar refractivity (Wildman–Crippen MR) is 93.2 cm³/mol. The van der Waals surface area contributed by atoms with Gasteiger partial charge in [0.1, 0.15) is 5.76 Å². The van der Waals surface area contributed by atoms with Crippen LogP contribution >= 0.6 is 12.2 Å². The third-order valence-corrected chi connectivity index (χ3v) is 3.51. The Morgan fingerprint density at radius 1 is 1.43 bits per heavy atom. The van der Waals surface area contributed by atoms with Gasteiger partial charge in [-0.1, -0.05) is 5.16 Å². The van der Waals surface area contributed by atoms with Crippen LogP contribution in [0.4, 0.5) is 0 Å². The quantitative estimate of drug-likeness (QED) is 0.363. The molecule has 0 amide bonds. The van der Waals surface area contributed by atoms with Gasteiger partial charge in [-0.25, -0.2) is 0 Å². The van der Waals surface area contributed by atoms with Crippen LogP contribution < -0.4 is 10.7 Å². The Kier molecular flexibility index (Phi) is 5.89. The van der Waals surface area contributed by atoms with Crippen molar-refractivity contribution in [2.45, 2.75) is 20.8 Å². The summed E-state index contributed by atoms with van der Waals surface area (Å²) in [5, 5.41) is 11.7. The van der Waals surface area contributed by atoms with Crippen molar-refractivity contribution in [2.75, 3.05) is 20.3 Å². The van der Waals surface area contributed by atoms with E-state index in [9.17, 15) is 0 Å². The van der Waals surface area contributed by atoms with Crippen molar-refractivity contribution in [3.8, 4) is 5.82 Å². The molecule has 0 saturated heterocycles. The van der Waals surface area contributed by atoms with Crippen molar-refractivity contribution in [1.82, 2.24) is 20.5 Å². The molecule has 0 spiro atoms. The Morgan fingerprint density at radius 3 is 2.87 bits per heavy atom. The molecular formula is C15H21N5O2S. The molecule has 8 heteroatoms. The molecule has 2 N–H and O–H groups in total. The smallest absolute Gasteiger partial charge is 0.187 e. The average molecular weight is 335 g/mol. The van der Waals surface area contributed by atoms with Gasteiger partial charge in [0.2, 0.25) is 0 Å². The third-order valence-electron chi connectivity index (χ3n) is 3.28. The van der Waals surface area contributed by atoms with Crippen LogP contribution in [0.15, 0.2) is 21.8 Å². The maximum atomic E-state index is 5.15. The first kappa shape index (κ1) is 17.2. The van der Waals surface area contributed by atoms with Crippen molar-refractivity contribution in [3.63, 3.8) is 0 Å². The van der Waals surface area contributed by atoms with E-state index in [-0.39, 0.29) is 0 Å². The number of rotatable bonds is 6. The summed E-state index contributed by atoms with van der Waals surface area (Å²) in [5.41, 5.74) is 5.84. The van der Waals surface area contributed by atoms with Crippen molar-refractivity contribution >= 4 is 23.5 Å². The maximum Gasteiger partial charge on any atom is 0.187 e. The molecule has 7 nitrogen and oxygen atoms in total. The van der Waals surface area contributed by atoms with Gasteiger partial charge in [-0.3, -0.25) is 9.99 Å². The summed E-state index contributed by atoms with van der Waals surface area (Å²) >= 11 is 5.11. The van der Waals surface area contributed by atoms with E-state index in [2.05, 4.69) is 21.0 Å². The fourth-order valence-electron chi connectivity index (χ4n) is 2.20. The number of methoxy groups -OCH3 is 1. The minimum atomic E-state index is 0.458. The maximum absolute atomic E-state index is 5.15. The average Bonchev–Trinajstić information content (AvgIpc) is 3.03. The highest BCUT2D eigenvalue weighted by Crippen LogP contribution is 2.19. The summed E-state index contributed by atoms with van der Waals surface area (Å²) in [4.78, 5) is 0. The van der Waals surface area contributed by atoms with Gasteiger partial charge in [-0.2, -0.15) is 5.10 Å². The molecule has 2 aromatic heterocycles. The monoisotopic (exact) mass is 335 g/mol. The van der Waals surface area contributed by atoms with E-state index in [0.717, 1.165) is 28.5 Å². The minimum Gasteiger partial charge on any atom is -0.383 e. The molecule has 0 aromatic carbocycles. The molecule has 0 aliphatic carbocycles. The summed E-state index contributed by atoms with van der Waals surface area (Å²) in [6.07, 6.45) is 1.73. The highest BCUT2D eigenvalue weighted by atomic mass is 32.1. The van der Waals surface area contributed by atoms with Gasteiger partial charge in [0.25, 0.3) is 0 Å². The number of ether oxygens (including phenoxy) is 1. The topological polar surface area (TPSA) is 76.6 Å². The zero-order valence-electron chi connectivity index (χ0n) is 13.7. The van der Waals surface area contributed by atoms with Gasteiger partial charge >= 0.3 is 0 Å². The SMILES string of the molecule is COCCNC(=S)N/N=C\c1cc(C)n(-c2cc(C)on2)c1C. The van der Waals surface area contributed by atoms with E-state index in [1.807, 2.05) is 37.5 Å². The second-order valence-electron chi connectivity index (χ2n) is 5.08. The second kappa shape index (κ2) is 7.89. The molecule has 0 atom stereocenters. The van der Waals surface area contributed by atoms with Gasteiger partial charge in [0, 0.05) is 36.7 Å². The molecule has 0 fully saturated rings. The van der Waals surface area contributed by atoms with Crippen molar-refractivity contribution in [1.29, 1.82) is 0 Å². The van der Waals surface area contributed by atoms with Crippen LogP contribution in [0, 0.1) is 20.8 Å². The molecule has 0 saturated carbocycles. The lowest BCUT2D eigenvalue weighted by molar-refractivity contribution is 0.204. The molecule has 2 rings (SSSR count). The lowest BCUT2D eigenvalue weighted by Gasteiger charge is -2.05. The largest absolute Gasteiger partial charge is 0.383 e. The van der Waals surface area contributed by atoms with E-state index in [4.69, 9.17) is 21.5 Å². The van der Waals surface area contributed by atoms with Gasteiger partial charge in [0.05, 0.1) is 12.8 Å². The van der Waals surface area contributed by atoms with Crippen molar-refractivity contribution in [3.05, 3.63) is 34.8 Å². The fourth-order valence-corrected chi connectivity index (χ4v) is 2.35. The lowest BCUT2D eigenvalue weighted by atomic mass is 10.3. The van der Waals surface area contributed by atoms with Gasteiger partial charge in [-0.05, 0) is 39.1 Å². The Morgan fingerprint density at radius 2 is 2.22 bits per heavy atom. The number of thiocarbonyl (C=S) groups is 1. The molecule has 0 aliphatic rings. The summed E-state index contributed by atoms with van der Waals surface area (Å²) in [6.45, 7) is 7.11. The molecule has 0 bridgehead atoms. The first-order chi connectivity index (χ1) is 11.0. The number of hydrogen-bond acceptors (Lipinski definition) is 5. The molecule has 23 heavy (non-hydrogen) atoms. The lowest BCUT2D eigenvalue weighted by Crippen LogP contribution is -2.34. The first-order valence-electron chi connectivity index (χ1n) is 7.21. The highest BCUT2D eigenvalue weighted by molar-refractivity contribution is 7.80. The highest BCUT2D eigenvalue weighted by Gasteiger charge is 2.12. The normalized spacial score (nSPS) is 11.1. The molecule has 124 valence electrons. The number of nitrogens with zero attached hydrogens (tertiary/aromatic N) is 3. The van der Waals surface area contributed by atoms with Crippen LogP contribution in [-0.4, -0.2) is 41.3 Å². The van der Waals surface area contributed by atoms with Crippen LogP contribution in [0.1, 0.15) is 22.7 Å². The second-order valence-corrected chi connectivity index (χ2v) is 5.48. The van der Waals surface area contributed by atoms with E-state index < -0.39 is 0 Å². The minimum absolute atomic E-state index is 0.458. The van der Waals surface area contributed by atoms with Crippen molar-refractivity contribution in [2.24, 2.45) is 5.10 Å². The summed E-state index contributed by atoms with van der Waals surface area (Å²) in [5.74, 6) is 1.54. The van der Waals surface area contributed by atoms with Crippen LogP contribution in [0.5, 0.6) is 0 Å². The Labute approximate surface area is 140 Å².